The van der Waals surface area contributed by atoms with Gasteiger partial charge in [-0.2, -0.15) is 4.98 Å². The highest BCUT2D eigenvalue weighted by Crippen LogP contribution is 2.27. The van der Waals surface area contributed by atoms with Crippen LogP contribution in [0.25, 0.3) is 0 Å². The second-order valence-electron chi connectivity index (χ2n) is 3.77. The lowest BCUT2D eigenvalue weighted by Gasteiger charge is -2.16. The fourth-order valence-electron chi connectivity index (χ4n) is 1.73. The van der Waals surface area contributed by atoms with Crippen molar-refractivity contribution in [3.63, 3.8) is 0 Å². The normalized spacial score (nSPS) is 32.9. The van der Waals surface area contributed by atoms with Gasteiger partial charge >= 0.3 is 5.69 Å². The fraction of sp³-hybridized carbons (Fsp3) is 0.556. The maximum absolute atomic E-state index is 11.5. The van der Waals surface area contributed by atoms with Crippen molar-refractivity contribution < 1.29 is 20.1 Å². The van der Waals surface area contributed by atoms with Gasteiger partial charge in [0.2, 0.25) is 0 Å². The average molecular weight is 246 g/mol. The van der Waals surface area contributed by atoms with Crippen LogP contribution in [0.4, 0.5) is 5.82 Å². The van der Waals surface area contributed by atoms with Gasteiger partial charge in [0.1, 0.15) is 24.1 Å². The Bertz CT molecular complexity index is 462. The van der Waals surface area contributed by atoms with E-state index in [4.69, 9.17) is 15.6 Å². The van der Waals surface area contributed by atoms with Gasteiger partial charge in [-0.3, -0.25) is 4.57 Å². The largest absolute Gasteiger partial charge is 0.394 e. The summed E-state index contributed by atoms with van der Waals surface area (Å²) in [4.78, 5) is 15.0. The molecule has 8 heteroatoms. The summed E-state index contributed by atoms with van der Waals surface area (Å²) in [5.74, 6) is 0.0537. The maximum Gasteiger partial charge on any atom is 0.351 e. The number of aromatic nitrogens is 2. The standard InChI is InChI=1S/C9H13N3O5/c10-5-1-2-12(9(16)11-5)8-7(15)6(14)4(3-13)17-8/h1-2,4,6-8,13-15H,3H2,(H2,10,11,16)/t4-,6-,7+,8-/m1/s1/i9+1,11+1,12+1. The number of nitrogens with two attached hydrogens (primary N) is 1. The van der Waals surface area contributed by atoms with Crippen LogP contribution in [0.2, 0.25) is 0 Å². The summed E-state index contributed by atoms with van der Waals surface area (Å²) >= 11 is 0. The third-order valence-electron chi connectivity index (χ3n) is 2.64. The zero-order chi connectivity index (χ0) is 12.6. The van der Waals surface area contributed by atoms with Crippen LogP contribution in [0.15, 0.2) is 17.1 Å². The first-order chi connectivity index (χ1) is 8.04. The van der Waals surface area contributed by atoms with Crippen LogP contribution < -0.4 is 11.4 Å². The first-order valence-electron chi connectivity index (χ1n) is 5.01. The SMILES string of the molecule is Nc1cc[15n]([C@@H]2O[C@H](CO)[C@@H](O)[C@@H]2O)[13c](=O)[15n]1. The van der Waals surface area contributed by atoms with Gasteiger partial charge in [-0.25, -0.2) is 4.79 Å². The predicted octanol–water partition coefficient (Wildman–Crippen LogP) is -2.56. The molecule has 0 amide bonds. The molecule has 0 unspecified atom stereocenters. The zero-order valence-electron chi connectivity index (χ0n) is 8.80. The summed E-state index contributed by atoms with van der Waals surface area (Å²) in [5, 5.41) is 28.2. The van der Waals surface area contributed by atoms with Gasteiger partial charge in [0, 0.05) is 6.20 Å². The first-order valence-corrected chi connectivity index (χ1v) is 5.01. The van der Waals surface area contributed by atoms with Crippen LogP contribution in [-0.2, 0) is 4.74 Å². The number of ether oxygens (including phenoxy) is 1. The molecule has 2 rings (SSSR count). The van der Waals surface area contributed by atoms with Gasteiger partial charge in [-0.05, 0) is 6.07 Å². The van der Waals surface area contributed by atoms with E-state index in [1.54, 1.807) is 0 Å². The Morgan fingerprint density at radius 3 is 2.71 bits per heavy atom. The predicted molar refractivity (Wildman–Crippen MR) is 55.9 cm³/mol. The van der Waals surface area contributed by atoms with Crippen LogP contribution in [0.3, 0.4) is 0 Å². The van der Waals surface area contributed by atoms with Crippen molar-refractivity contribution >= 4 is 5.82 Å². The number of nitrogens with zero attached hydrogens (tertiary/aromatic N) is 2. The molecule has 5 N–H and O–H groups in total. The maximum atomic E-state index is 11.5. The summed E-state index contributed by atoms with van der Waals surface area (Å²) in [6.07, 6.45) is -3.27. The van der Waals surface area contributed by atoms with E-state index in [9.17, 15) is 15.0 Å². The van der Waals surface area contributed by atoms with Crippen molar-refractivity contribution in [2.24, 2.45) is 0 Å². The van der Waals surface area contributed by atoms with E-state index in [0.29, 0.717) is 0 Å². The molecule has 17 heavy (non-hydrogen) atoms. The molecule has 0 spiro atoms. The third-order valence-corrected chi connectivity index (χ3v) is 2.64. The van der Waals surface area contributed by atoms with Crippen LogP contribution in [0, 0.1) is 0 Å². The van der Waals surface area contributed by atoms with Crippen molar-refractivity contribution in [3.05, 3.63) is 22.7 Å². The van der Waals surface area contributed by atoms with Gasteiger partial charge in [0.05, 0.1) is 6.61 Å². The Morgan fingerprint density at radius 1 is 1.47 bits per heavy atom. The molecular weight excluding hydrogens is 233 g/mol. The molecule has 8 nitrogen and oxygen atoms in total. The van der Waals surface area contributed by atoms with Crippen molar-refractivity contribution in [3.8, 4) is 0 Å². The molecule has 0 bridgehead atoms. The number of aliphatic hydroxyl groups excluding tert-OH is 3. The smallest absolute Gasteiger partial charge is 0.351 e. The summed E-state index contributed by atoms with van der Waals surface area (Å²) in [5.41, 5.74) is 4.63. The molecule has 1 saturated heterocycles. The molecule has 0 aliphatic carbocycles. The van der Waals surface area contributed by atoms with E-state index in [1.807, 2.05) is 0 Å². The molecule has 1 fully saturated rings. The van der Waals surface area contributed by atoms with E-state index in [-0.39, 0.29) is 5.82 Å². The lowest BCUT2D eigenvalue weighted by molar-refractivity contribution is -0.0549. The minimum absolute atomic E-state index is 0.0537. The number of rotatable bonds is 2. The molecule has 0 radical (unpaired) electrons. The van der Waals surface area contributed by atoms with Gasteiger partial charge in [0.15, 0.2) is 6.23 Å². The molecule has 4 atom stereocenters. The summed E-state index contributed by atoms with van der Waals surface area (Å²) < 4.78 is 6.19. The van der Waals surface area contributed by atoms with Gasteiger partial charge in [0.25, 0.3) is 0 Å². The highest BCUT2D eigenvalue weighted by atomic mass is 16.6. The summed E-state index contributed by atoms with van der Waals surface area (Å²) in [6.45, 7) is -0.453. The number of nitrogen functional groups attached to an aromatic ring is 1. The summed E-state index contributed by atoms with van der Waals surface area (Å²) in [7, 11) is 0. The van der Waals surface area contributed by atoms with Crippen LogP contribution in [0.1, 0.15) is 6.23 Å². The fourth-order valence-corrected chi connectivity index (χ4v) is 1.73. The molecular formula is C9H13N3O5. The van der Waals surface area contributed by atoms with Crippen LogP contribution >= 0.6 is 0 Å². The van der Waals surface area contributed by atoms with E-state index in [0.717, 1.165) is 4.57 Å². The zero-order valence-corrected chi connectivity index (χ0v) is 8.80. The van der Waals surface area contributed by atoms with Gasteiger partial charge in [-0.1, -0.05) is 0 Å². The molecule has 1 aromatic rings. The first kappa shape index (κ1) is 12.0. The third kappa shape index (κ3) is 2.03. The van der Waals surface area contributed by atoms with E-state index >= 15 is 0 Å². The Hall–Kier alpha value is -1.48. The quantitative estimate of drug-likeness (QED) is 0.451. The Kier molecular flexibility index (Phi) is 3.11. The minimum Gasteiger partial charge on any atom is -0.394 e. The molecule has 1 aliphatic heterocycles. The van der Waals surface area contributed by atoms with E-state index < -0.39 is 36.8 Å². The molecule has 2 heterocycles. The average Bonchev–Trinajstić information content (AvgIpc) is 2.57. The summed E-state index contributed by atoms with van der Waals surface area (Å²) in [6, 6.07) is 1.37. The number of aliphatic hydroxyl groups is 3. The molecule has 0 saturated carbocycles. The Labute approximate surface area is 95.9 Å². The van der Waals surface area contributed by atoms with Gasteiger partial charge < -0.3 is 25.8 Å². The lowest BCUT2D eigenvalue weighted by Crippen LogP contribution is -2.36. The van der Waals surface area contributed by atoms with Crippen molar-refractivity contribution in [1.29, 1.82) is 0 Å². The van der Waals surface area contributed by atoms with E-state index in [1.165, 1.54) is 12.3 Å². The number of anilines is 1. The molecule has 0 aromatic carbocycles. The Morgan fingerprint density at radius 2 is 2.18 bits per heavy atom. The molecule has 1 aliphatic rings. The Balaban J connectivity index is 2.32. The number of hydrogen-bond acceptors (Lipinski definition) is 7. The second kappa shape index (κ2) is 4.41. The topological polar surface area (TPSA) is 131 Å². The number of hydrogen-bond donors (Lipinski definition) is 4. The highest BCUT2D eigenvalue weighted by Gasteiger charge is 2.43. The van der Waals surface area contributed by atoms with Crippen molar-refractivity contribution in [2.75, 3.05) is 12.3 Å². The van der Waals surface area contributed by atoms with Crippen molar-refractivity contribution in [1.82, 2.24) is 9.55 Å². The molecule has 1 aromatic heterocycles. The lowest BCUT2D eigenvalue weighted by atomic mass is 10.1. The van der Waals surface area contributed by atoms with Crippen LogP contribution in [-0.4, -0.2) is 49.8 Å². The van der Waals surface area contributed by atoms with Crippen molar-refractivity contribution in [2.45, 2.75) is 24.5 Å². The molecule has 94 valence electrons. The minimum atomic E-state index is -1.31. The highest BCUT2D eigenvalue weighted by molar-refractivity contribution is 5.23. The van der Waals surface area contributed by atoms with Crippen LogP contribution in [0.5, 0.6) is 0 Å². The monoisotopic (exact) mass is 246 g/mol. The second-order valence-corrected chi connectivity index (χ2v) is 3.77. The van der Waals surface area contributed by atoms with E-state index in [2.05, 4.69) is 4.98 Å². The van der Waals surface area contributed by atoms with Gasteiger partial charge in [-0.15, -0.1) is 0 Å².